The molecular formula is C14H18O5. The number of allylic oxidation sites excluding steroid dienone is 3. The van der Waals surface area contributed by atoms with Crippen molar-refractivity contribution in [3.05, 3.63) is 24.3 Å². The maximum absolute atomic E-state index is 10.4. The smallest absolute Gasteiger partial charge is 0.329 e. The lowest BCUT2D eigenvalue weighted by molar-refractivity contribution is -0.152. The summed E-state index contributed by atoms with van der Waals surface area (Å²) in [7, 11) is 0. The Kier molecular flexibility index (Phi) is 5.77. The second-order valence-corrected chi connectivity index (χ2v) is 4.46. The van der Waals surface area contributed by atoms with Gasteiger partial charge in [0, 0.05) is 0 Å². The molecule has 19 heavy (non-hydrogen) atoms. The molecule has 0 radical (unpaired) electrons. The molecule has 0 unspecified atom stereocenters. The summed E-state index contributed by atoms with van der Waals surface area (Å²) in [6.07, 6.45) is 11.3. The molecule has 0 aromatic heterocycles. The van der Waals surface area contributed by atoms with Crippen molar-refractivity contribution in [2.75, 3.05) is 13.2 Å². The van der Waals surface area contributed by atoms with Crippen molar-refractivity contribution in [3.8, 4) is 12.3 Å². The van der Waals surface area contributed by atoms with Gasteiger partial charge in [-0.15, -0.1) is 6.42 Å². The van der Waals surface area contributed by atoms with E-state index in [1.807, 2.05) is 0 Å². The summed E-state index contributed by atoms with van der Waals surface area (Å²) < 4.78 is 16.4. The van der Waals surface area contributed by atoms with Gasteiger partial charge in [0.25, 0.3) is 0 Å². The topological polar surface area (TPSA) is 65.0 Å². The maximum atomic E-state index is 10.4. The van der Waals surface area contributed by atoms with E-state index in [1.165, 1.54) is 0 Å². The molecule has 0 amide bonds. The zero-order valence-corrected chi connectivity index (χ0v) is 11.0. The highest BCUT2D eigenvalue weighted by atomic mass is 16.8. The molecule has 0 aromatic carbocycles. The van der Waals surface area contributed by atoms with Crippen LogP contribution >= 0.6 is 0 Å². The van der Waals surface area contributed by atoms with E-state index in [-0.39, 0.29) is 25.4 Å². The van der Waals surface area contributed by atoms with Gasteiger partial charge in [-0.2, -0.15) is 0 Å². The molecule has 0 aliphatic carbocycles. The standard InChI is InChI=1S/C14H18O5/c1-4-5-6-7-8-11-12(9-17-10-13(15)16)19-14(2,3)18-11/h1,5-8,11-12H,9-10H2,2-3H3,(H,15,16)/t11-,12+/m1/s1. The number of ether oxygens (including phenoxy) is 3. The molecule has 0 spiro atoms. The second kappa shape index (κ2) is 7.10. The Morgan fingerprint density at radius 2 is 2.21 bits per heavy atom. The summed E-state index contributed by atoms with van der Waals surface area (Å²) in [4.78, 5) is 10.4. The van der Waals surface area contributed by atoms with Gasteiger partial charge < -0.3 is 19.3 Å². The minimum atomic E-state index is -1.01. The zero-order chi connectivity index (χ0) is 14.3. The van der Waals surface area contributed by atoms with E-state index < -0.39 is 11.8 Å². The van der Waals surface area contributed by atoms with Gasteiger partial charge in [-0.05, 0) is 19.9 Å². The highest BCUT2D eigenvalue weighted by Gasteiger charge is 2.39. The summed E-state index contributed by atoms with van der Waals surface area (Å²) in [6, 6.07) is 0. The predicted octanol–water partition coefficient (Wildman–Crippen LogP) is 1.35. The number of rotatable bonds is 6. The lowest BCUT2D eigenvalue weighted by atomic mass is 10.2. The number of aliphatic carboxylic acids is 1. The van der Waals surface area contributed by atoms with Gasteiger partial charge in [0.2, 0.25) is 0 Å². The van der Waals surface area contributed by atoms with Crippen molar-refractivity contribution in [2.24, 2.45) is 0 Å². The van der Waals surface area contributed by atoms with Crippen molar-refractivity contribution in [1.82, 2.24) is 0 Å². The molecule has 1 aliphatic rings. The minimum Gasteiger partial charge on any atom is -0.480 e. The van der Waals surface area contributed by atoms with Crippen molar-refractivity contribution in [2.45, 2.75) is 31.8 Å². The molecule has 0 bridgehead atoms. The van der Waals surface area contributed by atoms with Crippen LogP contribution in [0.15, 0.2) is 24.3 Å². The maximum Gasteiger partial charge on any atom is 0.329 e. The van der Waals surface area contributed by atoms with Gasteiger partial charge in [-0.25, -0.2) is 4.79 Å². The van der Waals surface area contributed by atoms with E-state index in [9.17, 15) is 4.79 Å². The van der Waals surface area contributed by atoms with Gasteiger partial charge in [0.05, 0.1) is 6.61 Å². The molecule has 104 valence electrons. The lowest BCUT2D eigenvalue weighted by Crippen LogP contribution is -2.27. The molecule has 5 heteroatoms. The molecule has 2 atom stereocenters. The van der Waals surface area contributed by atoms with E-state index in [4.69, 9.17) is 25.7 Å². The lowest BCUT2D eigenvalue weighted by Gasteiger charge is -2.16. The number of carboxylic acids is 1. The van der Waals surface area contributed by atoms with E-state index in [2.05, 4.69) is 5.92 Å². The first-order valence-electron chi connectivity index (χ1n) is 5.89. The number of carbonyl (C=O) groups is 1. The van der Waals surface area contributed by atoms with Crippen LogP contribution in [0, 0.1) is 12.3 Å². The van der Waals surface area contributed by atoms with Crippen LogP contribution in [0.25, 0.3) is 0 Å². The first kappa shape index (κ1) is 15.4. The summed E-state index contributed by atoms with van der Waals surface area (Å²) in [5, 5.41) is 8.52. The van der Waals surface area contributed by atoms with E-state index in [0.29, 0.717) is 0 Å². The van der Waals surface area contributed by atoms with Gasteiger partial charge in [0.15, 0.2) is 5.79 Å². The van der Waals surface area contributed by atoms with Gasteiger partial charge in [0.1, 0.15) is 18.8 Å². The van der Waals surface area contributed by atoms with Crippen LogP contribution < -0.4 is 0 Å². The molecule has 1 rings (SSSR count). The zero-order valence-electron chi connectivity index (χ0n) is 11.0. The van der Waals surface area contributed by atoms with Gasteiger partial charge in [-0.3, -0.25) is 0 Å². The molecular weight excluding hydrogens is 248 g/mol. The second-order valence-electron chi connectivity index (χ2n) is 4.46. The first-order valence-corrected chi connectivity index (χ1v) is 5.89. The van der Waals surface area contributed by atoms with Crippen LogP contribution in [0.3, 0.4) is 0 Å². The molecule has 5 nitrogen and oxygen atoms in total. The third kappa shape index (κ3) is 5.71. The quantitative estimate of drug-likeness (QED) is 0.581. The third-order valence-electron chi connectivity index (χ3n) is 2.33. The van der Waals surface area contributed by atoms with Crippen LogP contribution in [0.1, 0.15) is 13.8 Å². The number of terminal acetylenes is 1. The van der Waals surface area contributed by atoms with Crippen LogP contribution in [-0.2, 0) is 19.0 Å². The Bertz CT molecular complexity index is 403. The fourth-order valence-corrected chi connectivity index (χ4v) is 1.70. The Morgan fingerprint density at radius 1 is 1.47 bits per heavy atom. The fourth-order valence-electron chi connectivity index (χ4n) is 1.70. The number of hydrogen-bond acceptors (Lipinski definition) is 4. The molecule has 1 N–H and O–H groups in total. The number of carboxylic acid groups (broad SMARTS) is 1. The fraction of sp³-hybridized carbons (Fsp3) is 0.500. The van der Waals surface area contributed by atoms with E-state index in [0.717, 1.165) is 0 Å². The summed E-state index contributed by atoms with van der Waals surface area (Å²) in [5.74, 6) is 0.641. The van der Waals surface area contributed by atoms with Crippen molar-refractivity contribution in [1.29, 1.82) is 0 Å². The monoisotopic (exact) mass is 266 g/mol. The highest BCUT2D eigenvalue weighted by Crippen LogP contribution is 2.29. The van der Waals surface area contributed by atoms with Crippen molar-refractivity contribution < 1.29 is 24.1 Å². The van der Waals surface area contributed by atoms with Gasteiger partial charge >= 0.3 is 5.97 Å². The van der Waals surface area contributed by atoms with Crippen LogP contribution in [0.2, 0.25) is 0 Å². The molecule has 1 aliphatic heterocycles. The molecule has 1 fully saturated rings. The Morgan fingerprint density at radius 3 is 2.84 bits per heavy atom. The SMILES string of the molecule is C#CC=CC=C[C@H]1OC(C)(C)O[C@H]1COCC(=O)O. The summed E-state index contributed by atoms with van der Waals surface area (Å²) in [5.41, 5.74) is 0. The van der Waals surface area contributed by atoms with Crippen LogP contribution in [0.4, 0.5) is 0 Å². The minimum absolute atomic E-state index is 0.156. The van der Waals surface area contributed by atoms with Crippen LogP contribution in [0.5, 0.6) is 0 Å². The normalized spacial score (nSPS) is 25.9. The predicted molar refractivity (Wildman–Crippen MR) is 69.4 cm³/mol. The van der Waals surface area contributed by atoms with Crippen LogP contribution in [-0.4, -0.2) is 42.3 Å². The largest absolute Gasteiger partial charge is 0.480 e. The molecule has 1 saturated heterocycles. The average Bonchev–Trinajstić information content (AvgIpc) is 2.59. The highest BCUT2D eigenvalue weighted by molar-refractivity contribution is 5.67. The summed E-state index contributed by atoms with van der Waals surface area (Å²) in [6.45, 7) is 3.39. The van der Waals surface area contributed by atoms with Gasteiger partial charge in [-0.1, -0.05) is 24.1 Å². The first-order chi connectivity index (χ1) is 8.94. The third-order valence-corrected chi connectivity index (χ3v) is 2.33. The van der Waals surface area contributed by atoms with E-state index in [1.54, 1.807) is 38.2 Å². The van der Waals surface area contributed by atoms with Crippen molar-refractivity contribution in [3.63, 3.8) is 0 Å². The Hall–Kier alpha value is -1.61. The molecule has 0 saturated carbocycles. The molecule has 1 heterocycles. The molecule has 0 aromatic rings. The Balaban J connectivity index is 2.55. The average molecular weight is 266 g/mol. The Labute approximate surface area is 112 Å². The summed E-state index contributed by atoms with van der Waals surface area (Å²) >= 11 is 0. The number of hydrogen-bond donors (Lipinski definition) is 1. The van der Waals surface area contributed by atoms with E-state index >= 15 is 0 Å². The van der Waals surface area contributed by atoms with Crippen molar-refractivity contribution >= 4 is 5.97 Å².